The summed E-state index contributed by atoms with van der Waals surface area (Å²) in [5.41, 5.74) is 0. The summed E-state index contributed by atoms with van der Waals surface area (Å²) in [6, 6.07) is 0. The molecule has 1 atom stereocenters. The lowest BCUT2D eigenvalue weighted by Gasteiger charge is -2.18. The molecule has 0 aliphatic carbocycles. The van der Waals surface area contributed by atoms with Crippen LogP contribution >= 0.6 is 0 Å². The van der Waals surface area contributed by atoms with E-state index in [1.54, 1.807) is 0 Å². The normalized spacial score (nSPS) is 13.5. The number of carbonyl (C=O) groups is 3. The highest BCUT2D eigenvalue weighted by Gasteiger charge is 2.19. The molecule has 0 aromatic rings. The number of ether oxygens (including phenoxy) is 3. The monoisotopic (exact) mass is 975 g/mol. The van der Waals surface area contributed by atoms with Crippen LogP contribution in [-0.2, 0) is 28.6 Å². The molecule has 0 saturated carbocycles. The predicted molar refractivity (Wildman–Crippen MR) is 306 cm³/mol. The molecular weight excluding hydrogens is 877 g/mol. The first-order chi connectivity index (χ1) is 35.0. The largest absolute Gasteiger partial charge is 0.462 e. The molecule has 0 fully saturated rings. The van der Waals surface area contributed by atoms with Gasteiger partial charge in [0.25, 0.3) is 0 Å². The topological polar surface area (TPSA) is 78.9 Å². The fraction of sp³-hybridized carbons (Fsp3) is 0.523. The van der Waals surface area contributed by atoms with Gasteiger partial charge in [0.05, 0.1) is 0 Å². The third-order valence-electron chi connectivity index (χ3n) is 10.7. The van der Waals surface area contributed by atoms with E-state index in [2.05, 4.69) is 179 Å². The molecule has 0 amide bonds. The van der Waals surface area contributed by atoms with Crippen LogP contribution in [0.25, 0.3) is 0 Å². The Kier molecular flexibility index (Phi) is 53.1. The van der Waals surface area contributed by atoms with E-state index in [4.69, 9.17) is 14.2 Å². The van der Waals surface area contributed by atoms with Crippen molar-refractivity contribution in [1.82, 2.24) is 0 Å². The van der Waals surface area contributed by atoms with Gasteiger partial charge in [-0.2, -0.15) is 0 Å². The summed E-state index contributed by atoms with van der Waals surface area (Å²) in [6.45, 7) is 6.23. The Balaban J connectivity index is 4.65. The van der Waals surface area contributed by atoms with Crippen molar-refractivity contribution in [2.24, 2.45) is 0 Å². The maximum absolute atomic E-state index is 12.8. The van der Waals surface area contributed by atoms with Gasteiger partial charge in [0.1, 0.15) is 13.2 Å². The molecule has 0 radical (unpaired) electrons. The van der Waals surface area contributed by atoms with E-state index in [-0.39, 0.29) is 44.0 Å². The Hall–Kier alpha value is -5.23. The summed E-state index contributed by atoms with van der Waals surface area (Å²) >= 11 is 0. The van der Waals surface area contributed by atoms with Gasteiger partial charge in [0, 0.05) is 19.3 Å². The van der Waals surface area contributed by atoms with E-state index < -0.39 is 6.10 Å². The average molecular weight is 975 g/mol. The van der Waals surface area contributed by atoms with Crippen LogP contribution in [0.15, 0.2) is 170 Å². The molecular formula is C65H98O6. The van der Waals surface area contributed by atoms with Gasteiger partial charge < -0.3 is 14.2 Å². The van der Waals surface area contributed by atoms with Crippen LogP contribution < -0.4 is 0 Å². The van der Waals surface area contributed by atoms with Crippen LogP contribution in [0.5, 0.6) is 0 Å². The standard InChI is InChI=1S/C65H98O6/c1-4-7-10-13-16-19-22-25-28-30-32-34-37-39-42-45-48-51-54-57-63(66)69-60-62(71-65(68)59-56-53-50-47-44-41-36-27-24-21-18-15-12-9-6-3)61-70-64(67)58-55-52-49-46-43-40-38-35-33-31-29-26-23-20-17-14-11-8-5-2/h7,9-10,12,16-21,25-29,32-36,39-40,42-44,47-48,51,62H,4-6,8,11,13-15,22-24,30-31,37-38,41,45-46,49-50,52-61H2,1-3H3/b10-7-,12-9-,19-16-,20-17-,21-18-,28-25-,29-26-,34-32-,35-33-,36-27-,42-39-,43-40-,47-44-,51-48-/t62-/m1/s1. The zero-order valence-electron chi connectivity index (χ0n) is 44.9. The molecule has 0 bridgehead atoms. The number of hydrogen-bond donors (Lipinski definition) is 0. The zero-order valence-corrected chi connectivity index (χ0v) is 44.9. The van der Waals surface area contributed by atoms with E-state index >= 15 is 0 Å². The minimum atomic E-state index is -0.854. The second-order valence-corrected chi connectivity index (χ2v) is 17.4. The van der Waals surface area contributed by atoms with Crippen molar-refractivity contribution in [3.63, 3.8) is 0 Å². The van der Waals surface area contributed by atoms with Gasteiger partial charge in [-0.25, -0.2) is 0 Å². The van der Waals surface area contributed by atoms with Crippen LogP contribution in [0, 0.1) is 0 Å². The molecule has 0 spiro atoms. The van der Waals surface area contributed by atoms with E-state index in [0.29, 0.717) is 19.3 Å². The van der Waals surface area contributed by atoms with Crippen molar-refractivity contribution in [1.29, 1.82) is 0 Å². The lowest BCUT2D eigenvalue weighted by atomic mass is 10.1. The minimum Gasteiger partial charge on any atom is -0.462 e. The lowest BCUT2D eigenvalue weighted by molar-refractivity contribution is -0.166. The Morgan fingerprint density at radius 1 is 0.296 bits per heavy atom. The van der Waals surface area contributed by atoms with Gasteiger partial charge >= 0.3 is 17.9 Å². The van der Waals surface area contributed by atoms with Crippen LogP contribution in [0.3, 0.4) is 0 Å². The highest BCUT2D eigenvalue weighted by atomic mass is 16.6. The van der Waals surface area contributed by atoms with Gasteiger partial charge in [0.2, 0.25) is 0 Å². The number of rotatable bonds is 47. The van der Waals surface area contributed by atoms with Crippen molar-refractivity contribution in [3.8, 4) is 0 Å². The summed E-state index contributed by atoms with van der Waals surface area (Å²) in [4.78, 5) is 38.1. The van der Waals surface area contributed by atoms with Gasteiger partial charge in [-0.3, -0.25) is 14.4 Å². The molecule has 394 valence electrons. The second kappa shape index (κ2) is 57.3. The Morgan fingerprint density at radius 2 is 0.577 bits per heavy atom. The van der Waals surface area contributed by atoms with Crippen molar-refractivity contribution in [2.45, 2.75) is 207 Å². The molecule has 0 aromatic carbocycles. The molecule has 0 unspecified atom stereocenters. The molecule has 0 aliphatic rings. The third kappa shape index (κ3) is 55.6. The van der Waals surface area contributed by atoms with Gasteiger partial charge in [-0.1, -0.05) is 210 Å². The minimum absolute atomic E-state index is 0.144. The fourth-order valence-corrected chi connectivity index (χ4v) is 6.62. The third-order valence-corrected chi connectivity index (χ3v) is 10.7. The molecule has 0 aromatic heterocycles. The maximum atomic E-state index is 12.8. The Labute approximate surface area is 434 Å². The van der Waals surface area contributed by atoms with Crippen molar-refractivity contribution in [3.05, 3.63) is 170 Å². The summed E-state index contributed by atoms with van der Waals surface area (Å²) in [5.74, 6) is -1.11. The fourth-order valence-electron chi connectivity index (χ4n) is 6.62. The SMILES string of the molecule is CC/C=C\C/C=C\C/C=C\C/C=C\C/C=C\C/C=C\CCC(=O)OC[C@H](COC(=O)CCCCC/C=C\C/C=C\C/C=C\C/C=C\CCCCC)OC(=O)CCCC/C=C\C/C=C\C/C=C\C/C=C\CC. The van der Waals surface area contributed by atoms with Gasteiger partial charge in [0.15, 0.2) is 6.10 Å². The number of carbonyl (C=O) groups excluding carboxylic acids is 3. The molecule has 0 saturated heterocycles. The van der Waals surface area contributed by atoms with Gasteiger partial charge in [-0.05, 0) is 141 Å². The van der Waals surface area contributed by atoms with E-state index in [0.717, 1.165) is 122 Å². The lowest BCUT2D eigenvalue weighted by Crippen LogP contribution is -2.30. The van der Waals surface area contributed by atoms with Gasteiger partial charge in [-0.15, -0.1) is 0 Å². The maximum Gasteiger partial charge on any atom is 0.306 e. The highest BCUT2D eigenvalue weighted by Crippen LogP contribution is 2.10. The first-order valence-corrected chi connectivity index (χ1v) is 27.6. The average Bonchev–Trinajstić information content (AvgIpc) is 3.37. The molecule has 0 N–H and O–H groups in total. The molecule has 0 rings (SSSR count). The van der Waals surface area contributed by atoms with Crippen LogP contribution in [0.2, 0.25) is 0 Å². The van der Waals surface area contributed by atoms with E-state index in [1.807, 2.05) is 12.2 Å². The van der Waals surface area contributed by atoms with Crippen molar-refractivity contribution < 1.29 is 28.6 Å². The van der Waals surface area contributed by atoms with E-state index in [1.165, 1.54) is 25.7 Å². The van der Waals surface area contributed by atoms with Crippen LogP contribution in [-0.4, -0.2) is 37.2 Å². The van der Waals surface area contributed by atoms with Crippen molar-refractivity contribution >= 4 is 17.9 Å². The van der Waals surface area contributed by atoms with Crippen LogP contribution in [0.4, 0.5) is 0 Å². The summed E-state index contributed by atoms with van der Waals surface area (Å²) < 4.78 is 16.7. The number of esters is 3. The Bertz CT molecular complexity index is 1690. The summed E-state index contributed by atoms with van der Waals surface area (Å²) in [5, 5.41) is 0. The first-order valence-electron chi connectivity index (χ1n) is 27.6. The molecule has 71 heavy (non-hydrogen) atoms. The molecule has 0 aliphatic heterocycles. The molecule has 6 nitrogen and oxygen atoms in total. The quantitative estimate of drug-likeness (QED) is 0.0262. The highest BCUT2D eigenvalue weighted by molar-refractivity contribution is 5.71. The zero-order chi connectivity index (χ0) is 51.4. The number of allylic oxidation sites excluding steroid dienone is 28. The summed E-state index contributed by atoms with van der Waals surface area (Å²) in [6.07, 6.45) is 84.9. The molecule has 6 heteroatoms. The number of unbranched alkanes of at least 4 members (excludes halogenated alkanes) is 8. The van der Waals surface area contributed by atoms with Crippen molar-refractivity contribution in [2.75, 3.05) is 13.2 Å². The van der Waals surface area contributed by atoms with E-state index in [9.17, 15) is 14.4 Å². The number of hydrogen-bond acceptors (Lipinski definition) is 6. The summed E-state index contributed by atoms with van der Waals surface area (Å²) in [7, 11) is 0. The second-order valence-electron chi connectivity index (χ2n) is 17.4. The molecule has 0 heterocycles. The Morgan fingerprint density at radius 3 is 0.944 bits per heavy atom. The predicted octanol–water partition coefficient (Wildman–Crippen LogP) is 18.8. The van der Waals surface area contributed by atoms with Crippen LogP contribution in [0.1, 0.15) is 201 Å². The smallest absolute Gasteiger partial charge is 0.306 e. The first kappa shape index (κ1) is 65.8.